The lowest BCUT2D eigenvalue weighted by Gasteiger charge is -2.23. The number of hydrogen-bond donors (Lipinski definition) is 1. The number of aryl methyl sites for hydroxylation is 1. The quantitative estimate of drug-likeness (QED) is 0.283. The van der Waals surface area contributed by atoms with Gasteiger partial charge in [0.15, 0.2) is 0 Å². The van der Waals surface area contributed by atoms with Crippen LogP contribution in [0.3, 0.4) is 0 Å². The number of nitrogens with two attached hydrogens (primary N) is 1. The van der Waals surface area contributed by atoms with Crippen LogP contribution in [0.15, 0.2) is 58.5 Å². The van der Waals surface area contributed by atoms with Crippen molar-refractivity contribution in [2.45, 2.75) is 68.3 Å². The molecule has 2 aromatic carbocycles. The van der Waals surface area contributed by atoms with Gasteiger partial charge in [0, 0.05) is 11.6 Å². The predicted molar refractivity (Wildman–Crippen MR) is 139 cm³/mol. The Kier molecular flexibility index (Phi) is 8.73. The molecule has 182 valence electrons. The number of sulfonamides is 1. The van der Waals surface area contributed by atoms with Gasteiger partial charge in [-0.05, 0) is 56.1 Å². The number of nitrogens with zero attached hydrogens (tertiary/aromatic N) is 2. The molecular formula is C26H33N3O3S2. The van der Waals surface area contributed by atoms with Crippen molar-refractivity contribution in [1.29, 1.82) is 0 Å². The van der Waals surface area contributed by atoms with E-state index < -0.39 is 10.0 Å². The van der Waals surface area contributed by atoms with Crippen molar-refractivity contribution in [3.63, 3.8) is 0 Å². The molecule has 3 aromatic rings. The van der Waals surface area contributed by atoms with Gasteiger partial charge < -0.3 is 9.36 Å². The summed E-state index contributed by atoms with van der Waals surface area (Å²) in [6.07, 6.45) is 6.57. The summed E-state index contributed by atoms with van der Waals surface area (Å²) in [6.45, 7) is 6.21. The number of thioether (sulfide) groups is 1. The third-order valence-corrected chi connectivity index (χ3v) is 7.88. The Morgan fingerprint density at radius 2 is 1.79 bits per heavy atom. The van der Waals surface area contributed by atoms with Gasteiger partial charge in [-0.3, -0.25) is 0 Å². The SMILES string of the molecule is CCc1c(SC)nc(C(C)C=O)n1C(CC)CCc1ccc(-c2ccccc2S(N)(=O)=O)cc1. The lowest BCUT2D eigenvalue weighted by atomic mass is 9.99. The zero-order chi connectivity index (χ0) is 24.9. The van der Waals surface area contributed by atoms with E-state index in [1.165, 1.54) is 17.3 Å². The first-order valence-electron chi connectivity index (χ1n) is 11.6. The van der Waals surface area contributed by atoms with E-state index in [0.29, 0.717) is 5.56 Å². The summed E-state index contributed by atoms with van der Waals surface area (Å²) in [6, 6.07) is 15.0. The maximum absolute atomic E-state index is 12.0. The molecule has 0 radical (unpaired) electrons. The first-order chi connectivity index (χ1) is 16.2. The van der Waals surface area contributed by atoms with Crippen molar-refractivity contribution in [3.05, 3.63) is 65.6 Å². The predicted octanol–water partition coefficient (Wildman–Crippen LogP) is 5.37. The van der Waals surface area contributed by atoms with Crippen LogP contribution in [0.2, 0.25) is 0 Å². The zero-order valence-corrected chi connectivity index (χ0v) is 21.8. The molecule has 1 aromatic heterocycles. The second-order valence-corrected chi connectivity index (χ2v) is 10.7. The van der Waals surface area contributed by atoms with E-state index in [2.05, 4.69) is 18.4 Å². The van der Waals surface area contributed by atoms with Gasteiger partial charge in [0.25, 0.3) is 0 Å². The molecule has 0 bridgehead atoms. The molecule has 0 amide bonds. The average Bonchev–Trinajstić information content (AvgIpc) is 3.22. The van der Waals surface area contributed by atoms with E-state index in [0.717, 1.165) is 48.4 Å². The Morgan fingerprint density at radius 3 is 2.35 bits per heavy atom. The van der Waals surface area contributed by atoms with Gasteiger partial charge in [-0.25, -0.2) is 18.5 Å². The highest BCUT2D eigenvalue weighted by molar-refractivity contribution is 7.98. The molecule has 6 nitrogen and oxygen atoms in total. The van der Waals surface area contributed by atoms with Gasteiger partial charge in [-0.15, -0.1) is 11.8 Å². The molecule has 0 saturated carbocycles. The highest BCUT2D eigenvalue weighted by Crippen LogP contribution is 2.32. The monoisotopic (exact) mass is 499 g/mol. The van der Waals surface area contributed by atoms with Crippen LogP contribution in [0.25, 0.3) is 11.1 Å². The van der Waals surface area contributed by atoms with Crippen molar-refractivity contribution < 1.29 is 13.2 Å². The van der Waals surface area contributed by atoms with Crippen LogP contribution in [0.4, 0.5) is 0 Å². The summed E-state index contributed by atoms with van der Waals surface area (Å²) in [5.41, 5.74) is 3.78. The number of carbonyl (C=O) groups excluding carboxylic acids is 1. The van der Waals surface area contributed by atoms with Crippen LogP contribution in [0.5, 0.6) is 0 Å². The van der Waals surface area contributed by atoms with Crippen LogP contribution in [-0.2, 0) is 27.7 Å². The second-order valence-electron chi connectivity index (χ2n) is 8.41. The smallest absolute Gasteiger partial charge is 0.238 e. The highest BCUT2D eigenvalue weighted by atomic mass is 32.2. The van der Waals surface area contributed by atoms with Crippen molar-refractivity contribution >= 4 is 28.1 Å². The minimum Gasteiger partial charge on any atom is -0.327 e. The Balaban J connectivity index is 1.85. The molecule has 0 fully saturated rings. The minimum atomic E-state index is -3.80. The number of imidazole rings is 1. The molecular weight excluding hydrogens is 466 g/mol. The average molecular weight is 500 g/mol. The largest absolute Gasteiger partial charge is 0.327 e. The molecule has 2 N–H and O–H groups in total. The maximum atomic E-state index is 12.0. The van der Waals surface area contributed by atoms with Gasteiger partial charge in [0.1, 0.15) is 17.1 Å². The fourth-order valence-corrected chi connectivity index (χ4v) is 5.82. The fraction of sp³-hybridized carbons (Fsp3) is 0.385. The van der Waals surface area contributed by atoms with Gasteiger partial charge in [0.05, 0.1) is 16.5 Å². The maximum Gasteiger partial charge on any atom is 0.238 e. The molecule has 0 aliphatic carbocycles. The Labute approximate surface area is 207 Å². The first-order valence-corrected chi connectivity index (χ1v) is 14.3. The number of aldehydes is 1. The number of primary sulfonamides is 1. The Hall–Kier alpha value is -2.42. The number of rotatable bonds is 11. The summed E-state index contributed by atoms with van der Waals surface area (Å²) in [5, 5.41) is 6.40. The number of hydrogen-bond acceptors (Lipinski definition) is 5. The minimum absolute atomic E-state index is 0.127. The molecule has 0 aliphatic rings. The van der Waals surface area contributed by atoms with E-state index in [4.69, 9.17) is 10.1 Å². The standard InChI is InChI=1S/C26H33N3O3S2/c1-5-21(29-23(6-2)26(33-4)28-25(29)18(3)17-30)16-13-19-11-14-20(15-12-19)22-9-7-8-10-24(22)34(27,31)32/h7-12,14-15,17-18,21H,5-6,13,16H2,1-4H3,(H2,27,31,32). The molecule has 8 heteroatoms. The van der Waals surface area contributed by atoms with Gasteiger partial charge in [0.2, 0.25) is 10.0 Å². The fourth-order valence-electron chi connectivity index (χ4n) is 4.39. The molecule has 0 aliphatic heterocycles. The normalized spacial score (nSPS) is 13.6. The number of benzene rings is 2. The van der Waals surface area contributed by atoms with Crippen LogP contribution in [0.1, 0.15) is 62.7 Å². The molecule has 3 rings (SSSR count). The van der Waals surface area contributed by atoms with Crippen molar-refractivity contribution in [2.75, 3.05) is 6.26 Å². The number of carbonyl (C=O) groups is 1. The summed E-state index contributed by atoms with van der Waals surface area (Å²) < 4.78 is 26.2. The molecule has 2 atom stereocenters. The highest BCUT2D eigenvalue weighted by Gasteiger charge is 2.24. The van der Waals surface area contributed by atoms with Crippen LogP contribution in [0, 0.1) is 0 Å². The van der Waals surface area contributed by atoms with E-state index >= 15 is 0 Å². The molecule has 1 heterocycles. The lowest BCUT2D eigenvalue weighted by Crippen LogP contribution is -2.17. The van der Waals surface area contributed by atoms with E-state index in [1.807, 2.05) is 37.4 Å². The summed E-state index contributed by atoms with van der Waals surface area (Å²) >= 11 is 1.63. The third kappa shape index (κ3) is 5.62. The van der Waals surface area contributed by atoms with E-state index in [9.17, 15) is 13.2 Å². The second kappa shape index (κ2) is 11.3. The Bertz CT molecular complexity index is 1230. The summed E-state index contributed by atoms with van der Waals surface area (Å²) in [4.78, 5) is 16.5. The lowest BCUT2D eigenvalue weighted by molar-refractivity contribution is -0.108. The molecule has 2 unspecified atom stereocenters. The van der Waals surface area contributed by atoms with Gasteiger partial charge in [-0.1, -0.05) is 56.3 Å². The van der Waals surface area contributed by atoms with Crippen molar-refractivity contribution in [1.82, 2.24) is 9.55 Å². The molecule has 0 saturated heterocycles. The van der Waals surface area contributed by atoms with Gasteiger partial charge >= 0.3 is 0 Å². The summed E-state index contributed by atoms with van der Waals surface area (Å²) in [7, 11) is -3.80. The molecule has 0 spiro atoms. The van der Waals surface area contributed by atoms with Crippen LogP contribution >= 0.6 is 11.8 Å². The van der Waals surface area contributed by atoms with Crippen molar-refractivity contribution in [2.24, 2.45) is 5.14 Å². The summed E-state index contributed by atoms with van der Waals surface area (Å²) in [5.74, 6) is 0.594. The van der Waals surface area contributed by atoms with Gasteiger partial charge in [-0.2, -0.15) is 0 Å². The Morgan fingerprint density at radius 1 is 1.12 bits per heavy atom. The number of aromatic nitrogens is 2. The van der Waals surface area contributed by atoms with E-state index in [1.54, 1.807) is 30.0 Å². The first kappa shape index (κ1) is 26.2. The zero-order valence-electron chi connectivity index (χ0n) is 20.2. The topological polar surface area (TPSA) is 95.0 Å². The third-order valence-electron chi connectivity index (χ3n) is 6.20. The van der Waals surface area contributed by atoms with Crippen LogP contribution in [-0.4, -0.2) is 30.5 Å². The van der Waals surface area contributed by atoms with E-state index in [-0.39, 0.29) is 16.9 Å². The van der Waals surface area contributed by atoms with Crippen molar-refractivity contribution in [3.8, 4) is 11.1 Å². The van der Waals surface area contributed by atoms with Crippen LogP contribution < -0.4 is 5.14 Å². The molecule has 34 heavy (non-hydrogen) atoms.